The standard InChI is InChI=1S/C11H22N2O2/c12-4-7-13-5-2-11(3-6-13)9-10(14)1-8-15-11/h10,14H,1-9,12H2/t10-/m1/s1. The first-order chi connectivity index (χ1) is 7.24. The topological polar surface area (TPSA) is 58.7 Å². The van der Waals surface area contributed by atoms with Crippen molar-refractivity contribution in [1.29, 1.82) is 0 Å². The lowest BCUT2D eigenvalue weighted by atomic mass is 9.83. The predicted molar refractivity (Wildman–Crippen MR) is 58.7 cm³/mol. The van der Waals surface area contributed by atoms with E-state index in [4.69, 9.17) is 10.5 Å². The molecule has 0 radical (unpaired) electrons. The molecule has 4 nitrogen and oxygen atoms in total. The van der Waals surface area contributed by atoms with Crippen molar-refractivity contribution in [2.24, 2.45) is 5.73 Å². The summed E-state index contributed by atoms with van der Waals surface area (Å²) in [6.07, 6.45) is 3.56. The Morgan fingerprint density at radius 3 is 2.73 bits per heavy atom. The van der Waals surface area contributed by atoms with Crippen LogP contribution in [0.25, 0.3) is 0 Å². The molecule has 0 amide bonds. The second-order valence-electron chi connectivity index (χ2n) is 4.81. The molecule has 2 heterocycles. The van der Waals surface area contributed by atoms with Crippen LogP contribution in [0.3, 0.4) is 0 Å². The minimum atomic E-state index is -0.153. The average Bonchev–Trinajstić information content (AvgIpc) is 2.22. The van der Waals surface area contributed by atoms with Crippen LogP contribution in [0.15, 0.2) is 0 Å². The number of hydrogen-bond donors (Lipinski definition) is 2. The molecule has 0 saturated carbocycles. The third-order valence-electron chi connectivity index (χ3n) is 3.68. The molecule has 0 aliphatic carbocycles. The van der Waals surface area contributed by atoms with Gasteiger partial charge in [-0.05, 0) is 19.3 Å². The fraction of sp³-hybridized carbons (Fsp3) is 1.00. The van der Waals surface area contributed by atoms with Gasteiger partial charge in [0.15, 0.2) is 0 Å². The highest BCUT2D eigenvalue weighted by Gasteiger charge is 2.39. The molecular formula is C11H22N2O2. The van der Waals surface area contributed by atoms with Gasteiger partial charge in [0.2, 0.25) is 0 Å². The molecule has 2 rings (SSSR count). The molecule has 4 heteroatoms. The molecule has 0 unspecified atom stereocenters. The van der Waals surface area contributed by atoms with Crippen LogP contribution < -0.4 is 5.73 Å². The van der Waals surface area contributed by atoms with Crippen LogP contribution in [0.1, 0.15) is 25.7 Å². The van der Waals surface area contributed by atoms with Gasteiger partial charge in [-0.15, -0.1) is 0 Å². The summed E-state index contributed by atoms with van der Waals surface area (Å²) >= 11 is 0. The summed E-state index contributed by atoms with van der Waals surface area (Å²) in [6, 6.07) is 0. The summed E-state index contributed by atoms with van der Waals surface area (Å²) in [7, 11) is 0. The van der Waals surface area contributed by atoms with Crippen molar-refractivity contribution in [2.45, 2.75) is 37.4 Å². The Morgan fingerprint density at radius 1 is 1.40 bits per heavy atom. The fourth-order valence-corrected chi connectivity index (χ4v) is 2.72. The number of aliphatic hydroxyl groups excluding tert-OH is 1. The highest BCUT2D eigenvalue weighted by molar-refractivity contribution is 4.92. The zero-order valence-electron chi connectivity index (χ0n) is 9.32. The first kappa shape index (κ1) is 11.3. The summed E-state index contributed by atoms with van der Waals surface area (Å²) in [5, 5.41) is 9.68. The van der Waals surface area contributed by atoms with Gasteiger partial charge in [-0.1, -0.05) is 0 Å². The zero-order chi connectivity index (χ0) is 10.7. The van der Waals surface area contributed by atoms with Gasteiger partial charge in [-0.2, -0.15) is 0 Å². The Balaban J connectivity index is 1.85. The lowest BCUT2D eigenvalue weighted by molar-refractivity contribution is -0.142. The quantitative estimate of drug-likeness (QED) is 0.677. The summed E-state index contributed by atoms with van der Waals surface area (Å²) in [5.74, 6) is 0. The third kappa shape index (κ3) is 2.69. The first-order valence-electron chi connectivity index (χ1n) is 5.99. The van der Waals surface area contributed by atoms with Crippen LogP contribution in [0.4, 0.5) is 0 Å². The Morgan fingerprint density at radius 2 is 2.13 bits per heavy atom. The Kier molecular flexibility index (Phi) is 3.61. The number of likely N-dealkylation sites (tertiary alicyclic amines) is 1. The smallest absolute Gasteiger partial charge is 0.0731 e. The normalized spacial score (nSPS) is 32.0. The second kappa shape index (κ2) is 4.78. The van der Waals surface area contributed by atoms with Gasteiger partial charge in [0, 0.05) is 39.2 Å². The fourth-order valence-electron chi connectivity index (χ4n) is 2.72. The molecule has 88 valence electrons. The molecule has 2 fully saturated rings. The van der Waals surface area contributed by atoms with E-state index in [1.54, 1.807) is 0 Å². The molecule has 2 saturated heterocycles. The van der Waals surface area contributed by atoms with Crippen LogP contribution in [-0.4, -0.2) is 54.5 Å². The van der Waals surface area contributed by atoms with Crippen LogP contribution in [0.5, 0.6) is 0 Å². The molecule has 15 heavy (non-hydrogen) atoms. The van der Waals surface area contributed by atoms with E-state index in [0.717, 1.165) is 58.5 Å². The van der Waals surface area contributed by atoms with Crippen molar-refractivity contribution in [3.8, 4) is 0 Å². The molecule has 0 aromatic heterocycles. The Hall–Kier alpha value is -0.160. The Bertz CT molecular complexity index is 203. The maximum absolute atomic E-state index is 9.68. The molecule has 2 aliphatic rings. The molecule has 3 N–H and O–H groups in total. The molecule has 1 atom stereocenters. The summed E-state index contributed by atoms with van der Waals surface area (Å²) in [4.78, 5) is 2.38. The minimum Gasteiger partial charge on any atom is -0.393 e. The number of hydrogen-bond acceptors (Lipinski definition) is 4. The largest absolute Gasteiger partial charge is 0.393 e. The van der Waals surface area contributed by atoms with Gasteiger partial charge in [0.25, 0.3) is 0 Å². The van der Waals surface area contributed by atoms with Crippen LogP contribution in [0, 0.1) is 0 Å². The van der Waals surface area contributed by atoms with Gasteiger partial charge in [0.05, 0.1) is 11.7 Å². The number of aliphatic hydroxyl groups is 1. The van der Waals surface area contributed by atoms with Gasteiger partial charge in [-0.25, -0.2) is 0 Å². The van der Waals surface area contributed by atoms with E-state index in [2.05, 4.69) is 4.90 Å². The lowest BCUT2D eigenvalue weighted by Crippen LogP contribution is -2.51. The summed E-state index contributed by atoms with van der Waals surface area (Å²) < 4.78 is 5.89. The number of nitrogens with two attached hydrogens (primary N) is 1. The van der Waals surface area contributed by atoms with Gasteiger partial charge in [-0.3, -0.25) is 0 Å². The van der Waals surface area contributed by atoms with Crippen LogP contribution >= 0.6 is 0 Å². The van der Waals surface area contributed by atoms with Crippen molar-refractivity contribution >= 4 is 0 Å². The predicted octanol–water partition coefficient (Wildman–Crippen LogP) is -0.0490. The number of piperidine rings is 1. The van der Waals surface area contributed by atoms with Crippen molar-refractivity contribution in [3.05, 3.63) is 0 Å². The lowest BCUT2D eigenvalue weighted by Gasteiger charge is -2.45. The van der Waals surface area contributed by atoms with Crippen molar-refractivity contribution in [1.82, 2.24) is 4.90 Å². The first-order valence-corrected chi connectivity index (χ1v) is 5.99. The minimum absolute atomic E-state index is 0.0250. The van der Waals surface area contributed by atoms with Crippen LogP contribution in [-0.2, 0) is 4.74 Å². The average molecular weight is 214 g/mol. The van der Waals surface area contributed by atoms with E-state index in [9.17, 15) is 5.11 Å². The molecule has 0 aromatic carbocycles. The van der Waals surface area contributed by atoms with E-state index in [-0.39, 0.29) is 11.7 Å². The van der Waals surface area contributed by atoms with Crippen LogP contribution in [0.2, 0.25) is 0 Å². The second-order valence-corrected chi connectivity index (χ2v) is 4.81. The highest BCUT2D eigenvalue weighted by Crippen LogP contribution is 2.34. The third-order valence-corrected chi connectivity index (χ3v) is 3.68. The van der Waals surface area contributed by atoms with E-state index in [1.807, 2.05) is 0 Å². The van der Waals surface area contributed by atoms with Crippen molar-refractivity contribution in [3.63, 3.8) is 0 Å². The maximum atomic E-state index is 9.68. The molecular weight excluding hydrogens is 192 g/mol. The number of rotatable bonds is 2. The molecule has 0 bridgehead atoms. The number of nitrogens with zero attached hydrogens (tertiary/aromatic N) is 1. The van der Waals surface area contributed by atoms with E-state index < -0.39 is 0 Å². The zero-order valence-corrected chi connectivity index (χ0v) is 9.32. The van der Waals surface area contributed by atoms with Crippen molar-refractivity contribution < 1.29 is 9.84 Å². The molecule has 2 aliphatic heterocycles. The van der Waals surface area contributed by atoms with Gasteiger partial charge >= 0.3 is 0 Å². The van der Waals surface area contributed by atoms with Crippen molar-refractivity contribution in [2.75, 3.05) is 32.8 Å². The van der Waals surface area contributed by atoms with E-state index in [1.165, 1.54) is 0 Å². The number of ether oxygens (including phenoxy) is 1. The van der Waals surface area contributed by atoms with E-state index >= 15 is 0 Å². The van der Waals surface area contributed by atoms with E-state index in [0.29, 0.717) is 0 Å². The van der Waals surface area contributed by atoms with Gasteiger partial charge < -0.3 is 20.5 Å². The summed E-state index contributed by atoms with van der Waals surface area (Å²) in [5.41, 5.74) is 5.51. The molecule has 0 aromatic rings. The molecule has 1 spiro atoms. The maximum Gasteiger partial charge on any atom is 0.0731 e. The summed E-state index contributed by atoms with van der Waals surface area (Å²) in [6.45, 7) is 4.56. The van der Waals surface area contributed by atoms with Gasteiger partial charge in [0.1, 0.15) is 0 Å². The monoisotopic (exact) mass is 214 g/mol. The SMILES string of the molecule is NCCN1CCC2(CC1)C[C@H](O)CCO2. The highest BCUT2D eigenvalue weighted by atomic mass is 16.5. The Labute approximate surface area is 91.4 Å².